The Labute approximate surface area is 173 Å². The van der Waals surface area contributed by atoms with Gasteiger partial charge in [-0.25, -0.2) is 4.18 Å². The highest BCUT2D eigenvalue weighted by atomic mass is 32.3. The molecule has 0 radical (unpaired) electrons. The summed E-state index contributed by atoms with van der Waals surface area (Å²) in [6.45, 7) is 10.0. The third-order valence-corrected chi connectivity index (χ3v) is 6.60. The van der Waals surface area contributed by atoms with Gasteiger partial charge in [-0.05, 0) is 19.4 Å². The molecule has 3 rings (SSSR count). The predicted molar refractivity (Wildman–Crippen MR) is 110 cm³/mol. The lowest BCUT2D eigenvalue weighted by molar-refractivity contribution is -0.227. The molecule has 2 saturated heterocycles. The molecular weight excluding hydrogens is 419 g/mol. The fourth-order valence-corrected chi connectivity index (χ4v) is 5.60. The Kier molecular flexibility index (Phi) is 6.73. The van der Waals surface area contributed by atoms with Crippen LogP contribution in [0.4, 0.5) is 0 Å². The highest BCUT2D eigenvalue weighted by Gasteiger charge is 2.58. The van der Waals surface area contributed by atoms with Gasteiger partial charge in [-0.1, -0.05) is 30.3 Å². The minimum absolute atomic E-state index is 0.293. The summed E-state index contributed by atoms with van der Waals surface area (Å²) in [6, 6.07) is 9.62. The summed E-state index contributed by atoms with van der Waals surface area (Å²) < 4.78 is 61.3. The molecule has 0 bridgehead atoms. The average Bonchev–Trinajstić information content (AvgIpc) is 3.02. The van der Waals surface area contributed by atoms with Crippen LogP contribution in [0.25, 0.3) is 0 Å². The molecule has 1 aromatic carbocycles. The Balaban J connectivity index is 1.84. The van der Waals surface area contributed by atoms with Crippen molar-refractivity contribution >= 4 is 17.7 Å². The molecule has 0 amide bonds. The maximum atomic E-state index is 11.5. The molecule has 2 aliphatic rings. The van der Waals surface area contributed by atoms with Crippen molar-refractivity contribution in [2.45, 2.75) is 56.9 Å². The minimum Gasteiger partial charge on any atom is -0.368 e. The molecule has 5 atom stereocenters. The first-order valence-corrected chi connectivity index (χ1v) is 14.1. The summed E-state index contributed by atoms with van der Waals surface area (Å²) in [5.41, 5.74) is 0.962. The van der Waals surface area contributed by atoms with Crippen molar-refractivity contribution in [3.63, 3.8) is 0 Å². The standard InChI is InChI=1S/C19H29O8PS/c1-19(2)25-17-16(23-11-13-9-7-6-8-10-13)15(24-18(17)26-19)14(12-28(3,4)5)27-29(20,21)22/h6-10,14-18H,11-12H2,1-5H3/p+1/t14-,15-,16+,17-,18-/m1/s1. The third-order valence-electron chi connectivity index (χ3n) is 4.65. The monoisotopic (exact) mass is 449 g/mol. The maximum absolute atomic E-state index is 11.5. The fraction of sp³-hybridized carbons (Fsp3) is 0.684. The maximum Gasteiger partial charge on any atom is 0.397 e. The SMILES string of the molecule is CC1(C)O[C@H]2O[C@H]([C@@H](C[P+](C)(C)C)OS(=O)(=O)O)[C@H](OCc3ccccc3)[C@H]2O1. The molecule has 0 spiro atoms. The van der Waals surface area contributed by atoms with Crippen molar-refractivity contribution < 1.29 is 36.1 Å². The van der Waals surface area contributed by atoms with E-state index >= 15 is 0 Å². The first-order valence-electron chi connectivity index (χ1n) is 9.46. The van der Waals surface area contributed by atoms with Crippen molar-refractivity contribution in [3.05, 3.63) is 35.9 Å². The second-order valence-electron chi connectivity index (χ2n) is 8.87. The van der Waals surface area contributed by atoms with Crippen molar-refractivity contribution in [1.82, 2.24) is 0 Å². The van der Waals surface area contributed by atoms with Crippen molar-refractivity contribution in [1.29, 1.82) is 0 Å². The van der Waals surface area contributed by atoms with Crippen LogP contribution in [-0.2, 0) is 40.1 Å². The van der Waals surface area contributed by atoms with Crippen LogP contribution in [-0.4, -0.2) is 75.6 Å². The first kappa shape index (κ1) is 23.0. The quantitative estimate of drug-likeness (QED) is 0.477. The summed E-state index contributed by atoms with van der Waals surface area (Å²) in [7, 11) is -6.16. The summed E-state index contributed by atoms with van der Waals surface area (Å²) in [5, 5.41) is 0. The summed E-state index contributed by atoms with van der Waals surface area (Å²) in [6.07, 6.45) is -3.14. The van der Waals surface area contributed by atoms with Gasteiger partial charge in [0.15, 0.2) is 12.1 Å². The van der Waals surface area contributed by atoms with E-state index in [-0.39, 0.29) is 0 Å². The van der Waals surface area contributed by atoms with Crippen molar-refractivity contribution in [2.75, 3.05) is 26.2 Å². The smallest absolute Gasteiger partial charge is 0.368 e. The second-order valence-corrected chi connectivity index (χ2v) is 14.9. The van der Waals surface area contributed by atoms with Gasteiger partial charge in [-0.15, -0.1) is 0 Å². The van der Waals surface area contributed by atoms with E-state index in [2.05, 4.69) is 20.0 Å². The Morgan fingerprint density at radius 3 is 2.41 bits per heavy atom. The van der Waals surface area contributed by atoms with Crippen LogP contribution in [0.15, 0.2) is 30.3 Å². The number of ether oxygens (including phenoxy) is 4. The first-order chi connectivity index (χ1) is 13.3. The molecule has 0 unspecified atom stereocenters. The van der Waals surface area contributed by atoms with Gasteiger partial charge >= 0.3 is 10.4 Å². The Morgan fingerprint density at radius 2 is 1.83 bits per heavy atom. The van der Waals surface area contributed by atoms with Gasteiger partial charge in [0.05, 0.1) is 12.8 Å². The largest absolute Gasteiger partial charge is 0.397 e. The molecule has 29 heavy (non-hydrogen) atoms. The van der Waals surface area contributed by atoms with E-state index < -0.39 is 54.2 Å². The van der Waals surface area contributed by atoms with E-state index in [1.807, 2.05) is 30.3 Å². The number of rotatable bonds is 8. The normalized spacial score (nSPS) is 30.3. The van der Waals surface area contributed by atoms with Crippen LogP contribution in [0.5, 0.6) is 0 Å². The van der Waals surface area contributed by atoms with Gasteiger partial charge in [0.2, 0.25) is 0 Å². The zero-order chi connectivity index (χ0) is 21.4. The second kappa shape index (κ2) is 8.48. The van der Waals surface area contributed by atoms with Gasteiger partial charge in [-0.2, -0.15) is 8.42 Å². The molecule has 0 aliphatic carbocycles. The number of hydrogen-bond donors (Lipinski definition) is 1. The Morgan fingerprint density at radius 1 is 1.17 bits per heavy atom. The summed E-state index contributed by atoms with van der Waals surface area (Å²) >= 11 is 0. The lowest BCUT2D eigenvalue weighted by atomic mass is 10.1. The molecule has 8 nitrogen and oxygen atoms in total. The molecule has 0 aromatic heterocycles. The highest BCUT2D eigenvalue weighted by Crippen LogP contribution is 2.50. The summed E-state index contributed by atoms with van der Waals surface area (Å²) in [5.74, 6) is -0.842. The topological polar surface area (TPSA) is 101 Å². The lowest BCUT2D eigenvalue weighted by Gasteiger charge is -2.31. The van der Waals surface area contributed by atoms with Gasteiger partial charge < -0.3 is 18.9 Å². The number of hydrogen-bond acceptors (Lipinski definition) is 7. The van der Waals surface area contributed by atoms with Crippen LogP contribution < -0.4 is 0 Å². The van der Waals surface area contributed by atoms with Gasteiger partial charge in [0, 0.05) is 27.3 Å². The Hall–Kier alpha value is -0.640. The fourth-order valence-electron chi connectivity index (χ4n) is 3.64. The van der Waals surface area contributed by atoms with E-state index in [4.69, 9.17) is 23.1 Å². The van der Waals surface area contributed by atoms with Crippen LogP contribution in [0.2, 0.25) is 0 Å². The van der Waals surface area contributed by atoms with Crippen LogP contribution in [0.1, 0.15) is 19.4 Å². The molecule has 2 heterocycles. The zero-order valence-corrected chi connectivity index (χ0v) is 19.1. The van der Waals surface area contributed by atoms with Gasteiger partial charge in [0.1, 0.15) is 24.4 Å². The molecule has 10 heteroatoms. The van der Waals surface area contributed by atoms with Gasteiger partial charge in [-0.3, -0.25) is 4.55 Å². The molecular formula is C19H30O8PS+. The van der Waals surface area contributed by atoms with E-state index in [0.717, 1.165) is 5.56 Å². The number of fused-ring (bicyclic) bond motifs is 1. The highest BCUT2D eigenvalue weighted by molar-refractivity contribution is 7.81. The molecule has 2 aliphatic heterocycles. The third kappa shape index (κ3) is 6.42. The van der Waals surface area contributed by atoms with E-state index in [1.165, 1.54) is 0 Å². The lowest BCUT2D eigenvalue weighted by Crippen LogP contribution is -2.46. The van der Waals surface area contributed by atoms with Crippen molar-refractivity contribution in [3.8, 4) is 0 Å². The predicted octanol–water partition coefficient (Wildman–Crippen LogP) is 2.54. The molecule has 164 valence electrons. The molecule has 2 fully saturated rings. The van der Waals surface area contributed by atoms with Crippen LogP contribution in [0, 0.1) is 0 Å². The number of benzene rings is 1. The van der Waals surface area contributed by atoms with Crippen LogP contribution in [0.3, 0.4) is 0 Å². The summed E-state index contributed by atoms with van der Waals surface area (Å²) in [4.78, 5) is 0. The molecule has 1 aromatic rings. The van der Waals surface area contributed by atoms with Crippen molar-refractivity contribution in [2.24, 2.45) is 0 Å². The van der Waals surface area contributed by atoms with Crippen LogP contribution >= 0.6 is 7.26 Å². The van der Waals surface area contributed by atoms with E-state index in [0.29, 0.717) is 12.8 Å². The average molecular weight is 449 g/mol. The van der Waals surface area contributed by atoms with E-state index in [1.54, 1.807) is 13.8 Å². The molecule has 1 N–H and O–H groups in total. The minimum atomic E-state index is -4.67. The molecule has 0 saturated carbocycles. The Bertz CT molecular complexity index is 792. The zero-order valence-electron chi connectivity index (χ0n) is 17.3. The van der Waals surface area contributed by atoms with E-state index in [9.17, 15) is 13.0 Å². The van der Waals surface area contributed by atoms with Gasteiger partial charge in [0.25, 0.3) is 0 Å².